The van der Waals surface area contributed by atoms with E-state index in [4.69, 9.17) is 14.2 Å². The van der Waals surface area contributed by atoms with E-state index in [1.54, 1.807) is 7.11 Å². The minimum absolute atomic E-state index is 0.0390. The smallest absolute Gasteiger partial charge is 0.312 e. The SMILES string of the molecule is COC(=O)C1(C2CCN(Cc3cc(OC)ccc3C)CC2)CCOCC1. The molecule has 26 heavy (non-hydrogen) atoms. The number of ether oxygens (including phenoxy) is 3. The van der Waals surface area contributed by atoms with Crippen molar-refractivity contribution in [3.63, 3.8) is 0 Å². The number of methoxy groups -OCH3 is 2. The summed E-state index contributed by atoms with van der Waals surface area (Å²) >= 11 is 0. The first-order valence-corrected chi connectivity index (χ1v) is 9.61. The molecule has 2 fully saturated rings. The maximum atomic E-state index is 12.6. The van der Waals surface area contributed by atoms with Crippen LogP contribution in [0.25, 0.3) is 0 Å². The van der Waals surface area contributed by atoms with Gasteiger partial charge in [-0.05, 0) is 74.9 Å². The molecule has 0 unspecified atom stereocenters. The summed E-state index contributed by atoms with van der Waals surface area (Å²) in [4.78, 5) is 15.1. The first-order chi connectivity index (χ1) is 12.6. The van der Waals surface area contributed by atoms with Crippen molar-refractivity contribution in [2.45, 2.75) is 39.2 Å². The van der Waals surface area contributed by atoms with E-state index in [1.165, 1.54) is 18.2 Å². The molecule has 0 saturated carbocycles. The summed E-state index contributed by atoms with van der Waals surface area (Å²) in [5.74, 6) is 1.26. The van der Waals surface area contributed by atoms with E-state index >= 15 is 0 Å². The number of hydrogen-bond donors (Lipinski definition) is 0. The molecule has 3 rings (SSSR count). The third-order valence-electron chi connectivity index (χ3n) is 6.30. The van der Waals surface area contributed by atoms with Gasteiger partial charge in [-0.15, -0.1) is 0 Å². The molecule has 2 aliphatic heterocycles. The minimum atomic E-state index is -0.342. The molecule has 0 aromatic heterocycles. The molecule has 2 saturated heterocycles. The Hall–Kier alpha value is -1.59. The van der Waals surface area contributed by atoms with Gasteiger partial charge in [0.25, 0.3) is 0 Å². The first-order valence-electron chi connectivity index (χ1n) is 9.61. The van der Waals surface area contributed by atoms with Gasteiger partial charge in [0.15, 0.2) is 0 Å². The summed E-state index contributed by atoms with van der Waals surface area (Å²) in [5.41, 5.74) is 2.27. The largest absolute Gasteiger partial charge is 0.497 e. The quantitative estimate of drug-likeness (QED) is 0.754. The van der Waals surface area contributed by atoms with Crippen LogP contribution < -0.4 is 4.74 Å². The third kappa shape index (κ3) is 3.89. The van der Waals surface area contributed by atoms with E-state index in [0.29, 0.717) is 19.1 Å². The molecule has 5 heteroatoms. The van der Waals surface area contributed by atoms with E-state index in [1.807, 2.05) is 6.07 Å². The van der Waals surface area contributed by atoms with Crippen molar-refractivity contribution in [1.82, 2.24) is 4.90 Å². The van der Waals surface area contributed by atoms with Gasteiger partial charge in [0.1, 0.15) is 5.75 Å². The zero-order valence-corrected chi connectivity index (χ0v) is 16.3. The predicted molar refractivity (Wildman–Crippen MR) is 100 cm³/mol. The van der Waals surface area contributed by atoms with Gasteiger partial charge < -0.3 is 14.2 Å². The van der Waals surface area contributed by atoms with E-state index in [2.05, 4.69) is 24.0 Å². The molecule has 2 heterocycles. The summed E-state index contributed by atoms with van der Waals surface area (Å²) < 4.78 is 16.1. The van der Waals surface area contributed by atoms with Gasteiger partial charge in [0.05, 0.1) is 19.6 Å². The molecule has 0 aliphatic carbocycles. The van der Waals surface area contributed by atoms with Crippen molar-refractivity contribution in [3.05, 3.63) is 29.3 Å². The molecule has 0 radical (unpaired) electrons. The van der Waals surface area contributed by atoms with Crippen LogP contribution in [-0.2, 0) is 20.8 Å². The van der Waals surface area contributed by atoms with E-state index in [0.717, 1.165) is 51.1 Å². The number of rotatable bonds is 5. The zero-order chi connectivity index (χ0) is 18.6. The summed E-state index contributed by atoms with van der Waals surface area (Å²) in [6, 6.07) is 6.27. The number of esters is 1. The lowest BCUT2D eigenvalue weighted by atomic mass is 9.66. The topological polar surface area (TPSA) is 48.0 Å². The molecule has 0 bridgehead atoms. The Labute approximate surface area is 156 Å². The van der Waals surface area contributed by atoms with Crippen molar-refractivity contribution >= 4 is 5.97 Å². The molecule has 0 amide bonds. The van der Waals surface area contributed by atoms with Crippen LogP contribution in [0.1, 0.15) is 36.8 Å². The van der Waals surface area contributed by atoms with E-state index < -0.39 is 0 Å². The Morgan fingerprint density at radius 3 is 2.54 bits per heavy atom. The maximum Gasteiger partial charge on any atom is 0.312 e. The molecule has 1 aromatic rings. The number of likely N-dealkylation sites (tertiary alicyclic amines) is 1. The number of carbonyl (C=O) groups is 1. The van der Waals surface area contributed by atoms with Crippen LogP contribution in [0.15, 0.2) is 18.2 Å². The highest BCUT2D eigenvalue weighted by Crippen LogP contribution is 2.44. The highest BCUT2D eigenvalue weighted by atomic mass is 16.5. The summed E-state index contributed by atoms with van der Waals surface area (Å²) in [7, 11) is 3.22. The Balaban J connectivity index is 1.64. The standard InChI is InChI=1S/C21H31NO4/c1-16-4-5-19(24-2)14-17(16)15-22-10-6-18(7-11-22)21(20(23)25-3)8-12-26-13-9-21/h4-5,14,18H,6-13,15H2,1-3H3. The second kappa shape index (κ2) is 8.40. The Bertz CT molecular complexity index is 616. The van der Waals surface area contributed by atoms with Gasteiger partial charge in [-0.3, -0.25) is 9.69 Å². The van der Waals surface area contributed by atoms with Gasteiger partial charge in [-0.1, -0.05) is 6.07 Å². The summed E-state index contributed by atoms with van der Waals surface area (Å²) in [5, 5.41) is 0. The number of benzene rings is 1. The Morgan fingerprint density at radius 2 is 1.92 bits per heavy atom. The van der Waals surface area contributed by atoms with Crippen LogP contribution in [0.3, 0.4) is 0 Å². The van der Waals surface area contributed by atoms with E-state index in [-0.39, 0.29) is 11.4 Å². The summed E-state index contributed by atoms with van der Waals surface area (Å²) in [6.07, 6.45) is 3.66. The lowest BCUT2D eigenvalue weighted by Gasteiger charge is -2.44. The monoisotopic (exact) mass is 361 g/mol. The number of aryl methyl sites for hydroxylation is 1. The fraction of sp³-hybridized carbons (Fsp3) is 0.667. The highest BCUT2D eigenvalue weighted by Gasteiger charge is 2.48. The normalized spacial score (nSPS) is 21.3. The fourth-order valence-electron chi connectivity index (χ4n) is 4.55. The average molecular weight is 361 g/mol. The lowest BCUT2D eigenvalue weighted by molar-refractivity contribution is -0.166. The van der Waals surface area contributed by atoms with Crippen molar-refractivity contribution in [2.75, 3.05) is 40.5 Å². The molecular formula is C21H31NO4. The second-order valence-electron chi connectivity index (χ2n) is 7.60. The number of hydrogen-bond acceptors (Lipinski definition) is 5. The van der Waals surface area contributed by atoms with Crippen molar-refractivity contribution in [2.24, 2.45) is 11.3 Å². The van der Waals surface area contributed by atoms with Crippen molar-refractivity contribution < 1.29 is 19.0 Å². The predicted octanol–water partition coefficient (Wildman–Crippen LogP) is 3.19. The van der Waals surface area contributed by atoms with Crippen molar-refractivity contribution in [1.29, 1.82) is 0 Å². The maximum absolute atomic E-state index is 12.6. The van der Waals surface area contributed by atoms with Crippen molar-refractivity contribution in [3.8, 4) is 5.75 Å². The molecule has 0 spiro atoms. The Kier molecular flexibility index (Phi) is 6.20. The van der Waals surface area contributed by atoms with Gasteiger partial charge in [-0.2, -0.15) is 0 Å². The molecule has 1 aromatic carbocycles. The average Bonchev–Trinajstić information content (AvgIpc) is 2.70. The van der Waals surface area contributed by atoms with Crippen LogP contribution in [0, 0.1) is 18.3 Å². The molecule has 0 N–H and O–H groups in total. The highest BCUT2D eigenvalue weighted by molar-refractivity contribution is 5.77. The van der Waals surface area contributed by atoms with Gasteiger partial charge >= 0.3 is 5.97 Å². The third-order valence-corrected chi connectivity index (χ3v) is 6.30. The number of nitrogens with zero attached hydrogens (tertiary/aromatic N) is 1. The van der Waals surface area contributed by atoms with E-state index in [9.17, 15) is 4.79 Å². The lowest BCUT2D eigenvalue weighted by Crippen LogP contribution is -2.48. The van der Waals surface area contributed by atoms with Crippen LogP contribution in [0.2, 0.25) is 0 Å². The van der Waals surface area contributed by atoms with Gasteiger partial charge in [-0.25, -0.2) is 0 Å². The van der Waals surface area contributed by atoms with Gasteiger partial charge in [0.2, 0.25) is 0 Å². The number of carbonyl (C=O) groups excluding carboxylic acids is 1. The fourth-order valence-corrected chi connectivity index (χ4v) is 4.55. The van der Waals surface area contributed by atoms with Gasteiger partial charge in [0, 0.05) is 19.8 Å². The molecule has 0 atom stereocenters. The molecule has 144 valence electrons. The second-order valence-corrected chi connectivity index (χ2v) is 7.60. The molecule has 5 nitrogen and oxygen atoms in total. The molecule has 2 aliphatic rings. The molecular weight excluding hydrogens is 330 g/mol. The number of piperidine rings is 1. The summed E-state index contributed by atoms with van der Waals surface area (Å²) in [6.45, 7) is 6.44. The zero-order valence-electron chi connectivity index (χ0n) is 16.3. The van der Waals surface area contributed by atoms with Crippen LogP contribution >= 0.6 is 0 Å². The van der Waals surface area contributed by atoms with Crippen LogP contribution in [0.5, 0.6) is 5.75 Å². The Morgan fingerprint density at radius 1 is 1.23 bits per heavy atom. The first kappa shape index (κ1) is 19.2. The minimum Gasteiger partial charge on any atom is -0.497 e. The van der Waals surface area contributed by atoms with Crippen LogP contribution in [-0.4, -0.2) is 51.4 Å². The van der Waals surface area contributed by atoms with Crippen LogP contribution in [0.4, 0.5) is 0 Å².